The summed E-state index contributed by atoms with van der Waals surface area (Å²) in [6.45, 7) is 5.89. The fourth-order valence-electron chi connectivity index (χ4n) is 2.26. The molecule has 7 nitrogen and oxygen atoms in total. The Morgan fingerprint density at radius 3 is 2.96 bits per heavy atom. The van der Waals surface area contributed by atoms with Crippen molar-refractivity contribution in [3.05, 3.63) is 45.6 Å². The highest BCUT2D eigenvalue weighted by molar-refractivity contribution is 7.98. The van der Waals surface area contributed by atoms with E-state index in [2.05, 4.69) is 25.5 Å². The molecule has 0 saturated carbocycles. The zero-order chi connectivity index (χ0) is 17.1. The lowest BCUT2D eigenvalue weighted by atomic mass is 10.2. The van der Waals surface area contributed by atoms with E-state index < -0.39 is 0 Å². The van der Waals surface area contributed by atoms with Crippen LogP contribution < -0.4 is 5.32 Å². The van der Waals surface area contributed by atoms with Gasteiger partial charge < -0.3 is 9.73 Å². The SMILES string of the molecule is Cc1nc([C@H](C)NC(=O)c2ccc(CSc3ncn[nH]3)o2)c(C)s1. The zero-order valence-corrected chi connectivity index (χ0v) is 15.1. The maximum Gasteiger partial charge on any atom is 0.287 e. The number of aromatic amines is 1. The van der Waals surface area contributed by atoms with Crippen LogP contribution in [-0.2, 0) is 5.75 Å². The van der Waals surface area contributed by atoms with E-state index in [0.717, 1.165) is 15.6 Å². The topological polar surface area (TPSA) is 96.7 Å². The summed E-state index contributed by atoms with van der Waals surface area (Å²) >= 11 is 3.08. The molecule has 24 heavy (non-hydrogen) atoms. The molecular formula is C15H17N5O2S2. The number of rotatable bonds is 6. The van der Waals surface area contributed by atoms with E-state index in [1.54, 1.807) is 23.5 Å². The maximum atomic E-state index is 12.3. The van der Waals surface area contributed by atoms with Gasteiger partial charge in [0.25, 0.3) is 5.91 Å². The van der Waals surface area contributed by atoms with Crippen molar-refractivity contribution in [1.29, 1.82) is 0 Å². The Balaban J connectivity index is 1.60. The summed E-state index contributed by atoms with van der Waals surface area (Å²) in [6.07, 6.45) is 1.45. The molecule has 2 N–H and O–H groups in total. The van der Waals surface area contributed by atoms with E-state index in [9.17, 15) is 4.79 Å². The molecule has 3 rings (SSSR count). The normalized spacial score (nSPS) is 12.3. The van der Waals surface area contributed by atoms with Crippen LogP contribution in [0.1, 0.15) is 44.9 Å². The monoisotopic (exact) mass is 363 g/mol. The number of carbonyl (C=O) groups excluding carboxylic acids is 1. The minimum absolute atomic E-state index is 0.167. The lowest BCUT2D eigenvalue weighted by molar-refractivity contribution is 0.0909. The molecule has 9 heteroatoms. The molecule has 0 aromatic carbocycles. The Labute approximate surface area is 147 Å². The first kappa shape index (κ1) is 16.7. The van der Waals surface area contributed by atoms with Crippen molar-refractivity contribution < 1.29 is 9.21 Å². The predicted octanol–water partition coefficient (Wildman–Crippen LogP) is 3.25. The Morgan fingerprint density at radius 2 is 2.29 bits per heavy atom. The molecule has 0 aliphatic carbocycles. The third-order valence-corrected chi connectivity index (χ3v) is 5.13. The van der Waals surface area contributed by atoms with Crippen LogP contribution in [0.5, 0.6) is 0 Å². The van der Waals surface area contributed by atoms with Crippen molar-refractivity contribution >= 4 is 29.0 Å². The Bertz CT molecular complexity index is 825. The first-order valence-electron chi connectivity index (χ1n) is 7.34. The summed E-state index contributed by atoms with van der Waals surface area (Å²) in [4.78, 5) is 21.9. The maximum absolute atomic E-state index is 12.3. The van der Waals surface area contributed by atoms with Gasteiger partial charge >= 0.3 is 0 Å². The molecule has 0 radical (unpaired) electrons. The molecule has 3 aromatic heterocycles. The number of aryl methyl sites for hydroxylation is 2. The van der Waals surface area contributed by atoms with Crippen molar-refractivity contribution in [1.82, 2.24) is 25.5 Å². The van der Waals surface area contributed by atoms with Gasteiger partial charge in [0.2, 0.25) is 0 Å². The number of carbonyl (C=O) groups is 1. The van der Waals surface area contributed by atoms with Gasteiger partial charge in [0.05, 0.1) is 22.5 Å². The number of thiazole rings is 1. The molecule has 0 saturated heterocycles. The van der Waals surface area contributed by atoms with Gasteiger partial charge in [-0.3, -0.25) is 9.89 Å². The summed E-state index contributed by atoms with van der Waals surface area (Å²) in [5, 5.41) is 11.2. The minimum atomic E-state index is -0.247. The van der Waals surface area contributed by atoms with Crippen molar-refractivity contribution in [2.75, 3.05) is 0 Å². The molecule has 1 atom stereocenters. The van der Waals surface area contributed by atoms with Gasteiger partial charge in [-0.25, -0.2) is 9.97 Å². The van der Waals surface area contributed by atoms with E-state index in [-0.39, 0.29) is 11.9 Å². The van der Waals surface area contributed by atoms with Crippen molar-refractivity contribution in [2.24, 2.45) is 0 Å². The second-order valence-corrected chi connectivity index (χ2v) is 7.59. The van der Waals surface area contributed by atoms with Gasteiger partial charge in [0, 0.05) is 4.88 Å². The molecule has 0 unspecified atom stereocenters. The van der Waals surface area contributed by atoms with Crippen LogP contribution in [0, 0.1) is 13.8 Å². The van der Waals surface area contributed by atoms with E-state index in [1.165, 1.54) is 18.1 Å². The van der Waals surface area contributed by atoms with Gasteiger partial charge in [-0.2, -0.15) is 5.10 Å². The Morgan fingerprint density at radius 1 is 1.46 bits per heavy atom. The summed E-state index contributed by atoms with van der Waals surface area (Å²) in [7, 11) is 0. The highest BCUT2D eigenvalue weighted by atomic mass is 32.2. The Hall–Kier alpha value is -2.13. The lowest BCUT2D eigenvalue weighted by Gasteiger charge is -2.11. The van der Waals surface area contributed by atoms with Crippen LogP contribution in [0.4, 0.5) is 0 Å². The van der Waals surface area contributed by atoms with E-state index in [0.29, 0.717) is 22.4 Å². The summed E-state index contributed by atoms with van der Waals surface area (Å²) < 4.78 is 5.60. The standard InChI is InChI=1S/C15H17N5O2S2/c1-8(13-9(2)24-10(3)19-13)18-14(21)12-5-4-11(22-12)6-23-15-16-7-17-20-15/h4-5,7-8H,6H2,1-3H3,(H,18,21)(H,16,17,20)/t8-/m0/s1. The number of amides is 1. The highest BCUT2D eigenvalue weighted by Gasteiger charge is 2.18. The first-order chi connectivity index (χ1) is 11.5. The van der Waals surface area contributed by atoms with Crippen LogP contribution in [0.25, 0.3) is 0 Å². The van der Waals surface area contributed by atoms with E-state index in [1.807, 2.05) is 20.8 Å². The predicted molar refractivity (Wildman–Crippen MR) is 92.1 cm³/mol. The van der Waals surface area contributed by atoms with Crippen LogP contribution in [-0.4, -0.2) is 26.1 Å². The highest BCUT2D eigenvalue weighted by Crippen LogP contribution is 2.23. The summed E-state index contributed by atoms with van der Waals surface area (Å²) in [6, 6.07) is 3.30. The molecular weight excluding hydrogens is 346 g/mol. The fourth-order valence-corrected chi connectivity index (χ4v) is 3.85. The molecule has 1 amide bonds. The van der Waals surface area contributed by atoms with Gasteiger partial charge in [0.1, 0.15) is 12.1 Å². The number of nitrogens with zero attached hydrogens (tertiary/aromatic N) is 3. The number of nitrogens with one attached hydrogen (secondary N) is 2. The number of hydrogen-bond donors (Lipinski definition) is 2. The molecule has 0 aliphatic rings. The fraction of sp³-hybridized carbons (Fsp3) is 0.333. The molecule has 3 aromatic rings. The quantitative estimate of drug-likeness (QED) is 0.653. The second kappa shape index (κ2) is 7.18. The van der Waals surface area contributed by atoms with Crippen molar-refractivity contribution in [3.8, 4) is 0 Å². The smallest absolute Gasteiger partial charge is 0.287 e. The zero-order valence-electron chi connectivity index (χ0n) is 13.5. The third kappa shape index (κ3) is 3.85. The molecule has 126 valence electrons. The molecule has 0 aliphatic heterocycles. The minimum Gasteiger partial charge on any atom is -0.455 e. The van der Waals surface area contributed by atoms with Crippen LogP contribution in [0.3, 0.4) is 0 Å². The van der Waals surface area contributed by atoms with E-state index in [4.69, 9.17) is 4.42 Å². The molecule has 0 fully saturated rings. The Kier molecular flexibility index (Phi) is 5.00. The number of furan rings is 1. The number of hydrogen-bond acceptors (Lipinski definition) is 7. The summed E-state index contributed by atoms with van der Waals surface area (Å²) in [5.41, 5.74) is 0.901. The van der Waals surface area contributed by atoms with Crippen molar-refractivity contribution in [3.63, 3.8) is 0 Å². The van der Waals surface area contributed by atoms with Gasteiger partial charge in [-0.05, 0) is 32.9 Å². The first-order valence-corrected chi connectivity index (χ1v) is 9.15. The van der Waals surface area contributed by atoms with Crippen LogP contribution in [0.15, 0.2) is 28.0 Å². The average molecular weight is 363 g/mol. The molecule has 0 bridgehead atoms. The van der Waals surface area contributed by atoms with Gasteiger partial charge in [-0.1, -0.05) is 11.8 Å². The summed E-state index contributed by atoms with van der Waals surface area (Å²) in [5.74, 6) is 1.32. The van der Waals surface area contributed by atoms with Crippen LogP contribution in [0.2, 0.25) is 0 Å². The lowest BCUT2D eigenvalue weighted by Crippen LogP contribution is -2.26. The van der Waals surface area contributed by atoms with Gasteiger partial charge in [-0.15, -0.1) is 11.3 Å². The number of H-pyrrole nitrogens is 1. The van der Waals surface area contributed by atoms with E-state index >= 15 is 0 Å². The second-order valence-electron chi connectivity index (χ2n) is 5.21. The average Bonchev–Trinajstić information content (AvgIpc) is 3.25. The third-order valence-electron chi connectivity index (χ3n) is 3.33. The number of aromatic nitrogens is 4. The molecule has 3 heterocycles. The van der Waals surface area contributed by atoms with Crippen LogP contribution >= 0.6 is 23.1 Å². The number of thioether (sulfide) groups is 1. The largest absolute Gasteiger partial charge is 0.455 e. The van der Waals surface area contributed by atoms with Gasteiger partial charge in [0.15, 0.2) is 10.9 Å². The van der Waals surface area contributed by atoms with Crippen molar-refractivity contribution in [2.45, 2.75) is 37.7 Å². The molecule has 0 spiro atoms.